The van der Waals surface area contributed by atoms with Gasteiger partial charge >= 0.3 is 0 Å². The van der Waals surface area contributed by atoms with E-state index in [1.807, 2.05) is 26.2 Å². The van der Waals surface area contributed by atoms with Gasteiger partial charge in [0, 0.05) is 24.0 Å². The van der Waals surface area contributed by atoms with Crippen LogP contribution in [0.1, 0.15) is 16.8 Å². The van der Waals surface area contributed by atoms with Crippen LogP contribution in [0.25, 0.3) is 0 Å². The van der Waals surface area contributed by atoms with E-state index in [1.54, 1.807) is 6.33 Å². The van der Waals surface area contributed by atoms with Crippen LogP contribution < -0.4 is 5.32 Å². The van der Waals surface area contributed by atoms with Gasteiger partial charge in [0.1, 0.15) is 12.1 Å². The largest absolute Gasteiger partial charge is 0.369 e. The second-order valence-corrected chi connectivity index (χ2v) is 3.72. The predicted octanol–water partition coefficient (Wildman–Crippen LogP) is 1.47. The number of hydrogen-bond acceptors (Lipinski definition) is 4. The van der Waals surface area contributed by atoms with Crippen molar-refractivity contribution < 1.29 is 0 Å². The topological polar surface area (TPSA) is 66.5 Å². The third kappa shape index (κ3) is 2.36. The molecular weight excluding hydrogens is 202 g/mol. The molecule has 0 amide bonds. The molecule has 2 N–H and O–H groups in total. The van der Waals surface area contributed by atoms with E-state index in [4.69, 9.17) is 0 Å². The Morgan fingerprint density at radius 2 is 2.19 bits per heavy atom. The minimum Gasteiger partial charge on any atom is -0.369 e. The molecule has 0 fully saturated rings. The highest BCUT2D eigenvalue weighted by Gasteiger charge is 2.02. The summed E-state index contributed by atoms with van der Waals surface area (Å²) in [5, 5.41) is 10.00. The Bertz CT molecular complexity index is 449. The lowest BCUT2D eigenvalue weighted by molar-refractivity contribution is 0.981. The highest BCUT2D eigenvalue weighted by Crippen LogP contribution is 2.12. The van der Waals surface area contributed by atoms with Crippen LogP contribution in [0.2, 0.25) is 0 Å². The molecule has 2 aromatic heterocycles. The summed E-state index contributed by atoms with van der Waals surface area (Å²) in [6.07, 6.45) is 6.25. The average molecular weight is 217 g/mol. The van der Waals surface area contributed by atoms with Gasteiger partial charge in [-0.1, -0.05) is 0 Å². The van der Waals surface area contributed by atoms with Crippen LogP contribution in [-0.4, -0.2) is 26.7 Å². The van der Waals surface area contributed by atoms with Crippen molar-refractivity contribution in [3.05, 3.63) is 35.5 Å². The summed E-state index contributed by atoms with van der Waals surface area (Å²) in [6, 6.07) is 0. The number of H-pyrrole nitrogens is 1. The normalized spacial score (nSPS) is 10.4. The summed E-state index contributed by atoms with van der Waals surface area (Å²) in [4.78, 5) is 8.34. The van der Waals surface area contributed by atoms with Crippen molar-refractivity contribution in [2.45, 2.75) is 20.3 Å². The van der Waals surface area contributed by atoms with Crippen molar-refractivity contribution in [2.75, 3.05) is 11.9 Å². The molecule has 5 nitrogen and oxygen atoms in total. The van der Waals surface area contributed by atoms with E-state index in [0.717, 1.165) is 30.0 Å². The summed E-state index contributed by atoms with van der Waals surface area (Å²) in [5.41, 5.74) is 3.31. The predicted molar refractivity (Wildman–Crippen MR) is 62.3 cm³/mol. The minimum atomic E-state index is 0.844. The zero-order valence-electron chi connectivity index (χ0n) is 9.49. The molecule has 2 heterocycles. The van der Waals surface area contributed by atoms with E-state index in [-0.39, 0.29) is 0 Å². The van der Waals surface area contributed by atoms with Crippen LogP contribution in [0.15, 0.2) is 18.7 Å². The van der Waals surface area contributed by atoms with Crippen LogP contribution >= 0.6 is 0 Å². The van der Waals surface area contributed by atoms with E-state index >= 15 is 0 Å². The fourth-order valence-electron chi connectivity index (χ4n) is 1.46. The van der Waals surface area contributed by atoms with Crippen molar-refractivity contribution in [1.82, 2.24) is 20.2 Å². The number of rotatable bonds is 4. The molecule has 0 saturated carbocycles. The third-order valence-corrected chi connectivity index (χ3v) is 2.60. The first-order valence-corrected chi connectivity index (χ1v) is 5.27. The van der Waals surface area contributed by atoms with Gasteiger partial charge in [-0.3, -0.25) is 5.10 Å². The molecule has 0 unspecified atom stereocenters. The number of nitrogens with zero attached hydrogens (tertiary/aromatic N) is 3. The maximum atomic E-state index is 4.21. The van der Waals surface area contributed by atoms with Crippen molar-refractivity contribution >= 4 is 5.82 Å². The lowest BCUT2D eigenvalue weighted by atomic mass is 10.2. The Kier molecular flexibility index (Phi) is 3.14. The second kappa shape index (κ2) is 4.74. The summed E-state index contributed by atoms with van der Waals surface area (Å²) in [7, 11) is 0. The van der Waals surface area contributed by atoms with E-state index in [0.29, 0.717) is 0 Å². The molecular formula is C11H15N5. The van der Waals surface area contributed by atoms with E-state index in [2.05, 4.69) is 25.5 Å². The summed E-state index contributed by atoms with van der Waals surface area (Å²) < 4.78 is 0. The Labute approximate surface area is 94.3 Å². The molecule has 0 atom stereocenters. The molecule has 5 heteroatoms. The monoisotopic (exact) mass is 217 g/mol. The van der Waals surface area contributed by atoms with E-state index in [9.17, 15) is 0 Å². The molecule has 2 rings (SSSR count). The number of hydrogen-bond donors (Lipinski definition) is 2. The van der Waals surface area contributed by atoms with E-state index in [1.165, 1.54) is 5.56 Å². The standard InChI is InChI=1S/C11H15N5/c1-8-9(2)13-7-14-11(8)12-4-3-10-5-15-16-6-10/h5-7H,3-4H2,1-2H3,(H,15,16)(H,12,13,14). The first-order chi connectivity index (χ1) is 7.77. The van der Waals surface area contributed by atoms with Crippen LogP contribution in [0.4, 0.5) is 5.82 Å². The average Bonchev–Trinajstić information content (AvgIpc) is 2.77. The summed E-state index contributed by atoms with van der Waals surface area (Å²) >= 11 is 0. The van der Waals surface area contributed by atoms with Gasteiger partial charge in [0.2, 0.25) is 0 Å². The second-order valence-electron chi connectivity index (χ2n) is 3.72. The van der Waals surface area contributed by atoms with Gasteiger partial charge < -0.3 is 5.32 Å². The Morgan fingerprint density at radius 3 is 2.94 bits per heavy atom. The Morgan fingerprint density at radius 1 is 1.31 bits per heavy atom. The Hall–Kier alpha value is -1.91. The van der Waals surface area contributed by atoms with Crippen molar-refractivity contribution in [2.24, 2.45) is 0 Å². The lowest BCUT2D eigenvalue weighted by Gasteiger charge is -2.08. The van der Waals surface area contributed by atoms with Crippen molar-refractivity contribution in [3.63, 3.8) is 0 Å². The molecule has 0 aliphatic heterocycles. The molecule has 0 saturated heterocycles. The SMILES string of the molecule is Cc1ncnc(NCCc2cn[nH]c2)c1C. The maximum absolute atomic E-state index is 4.21. The molecule has 0 aliphatic rings. The molecule has 84 valence electrons. The van der Waals surface area contributed by atoms with Gasteiger partial charge in [0.25, 0.3) is 0 Å². The van der Waals surface area contributed by atoms with Gasteiger partial charge in [-0.25, -0.2) is 9.97 Å². The van der Waals surface area contributed by atoms with Crippen molar-refractivity contribution in [1.29, 1.82) is 0 Å². The zero-order chi connectivity index (χ0) is 11.4. The molecule has 2 aromatic rings. The number of nitrogens with one attached hydrogen (secondary N) is 2. The number of anilines is 1. The Balaban J connectivity index is 1.92. The molecule has 0 spiro atoms. The van der Waals surface area contributed by atoms with Gasteiger partial charge in [0.15, 0.2) is 0 Å². The van der Waals surface area contributed by atoms with Crippen LogP contribution in [0, 0.1) is 13.8 Å². The van der Waals surface area contributed by atoms with E-state index < -0.39 is 0 Å². The van der Waals surface area contributed by atoms with Crippen LogP contribution in [0.5, 0.6) is 0 Å². The van der Waals surface area contributed by atoms with Gasteiger partial charge in [-0.2, -0.15) is 5.10 Å². The van der Waals surface area contributed by atoms with Gasteiger partial charge in [-0.05, 0) is 25.8 Å². The van der Waals surface area contributed by atoms with Crippen LogP contribution in [-0.2, 0) is 6.42 Å². The molecule has 0 radical (unpaired) electrons. The van der Waals surface area contributed by atoms with Crippen LogP contribution in [0.3, 0.4) is 0 Å². The fourth-order valence-corrected chi connectivity index (χ4v) is 1.46. The lowest BCUT2D eigenvalue weighted by Crippen LogP contribution is -2.08. The number of aromatic amines is 1. The summed E-state index contributed by atoms with van der Waals surface area (Å²) in [6.45, 7) is 4.85. The van der Waals surface area contributed by atoms with Crippen molar-refractivity contribution in [3.8, 4) is 0 Å². The molecule has 0 bridgehead atoms. The number of aromatic nitrogens is 4. The quantitative estimate of drug-likeness (QED) is 0.814. The highest BCUT2D eigenvalue weighted by atomic mass is 15.1. The first kappa shape index (κ1) is 10.6. The maximum Gasteiger partial charge on any atom is 0.132 e. The molecule has 0 aromatic carbocycles. The summed E-state index contributed by atoms with van der Waals surface area (Å²) in [5.74, 6) is 0.913. The third-order valence-electron chi connectivity index (χ3n) is 2.60. The zero-order valence-corrected chi connectivity index (χ0v) is 9.49. The minimum absolute atomic E-state index is 0.844. The van der Waals surface area contributed by atoms with Gasteiger partial charge in [0.05, 0.1) is 6.20 Å². The first-order valence-electron chi connectivity index (χ1n) is 5.27. The molecule has 0 aliphatic carbocycles. The highest BCUT2D eigenvalue weighted by molar-refractivity contribution is 5.44. The fraction of sp³-hybridized carbons (Fsp3) is 0.364. The number of aryl methyl sites for hydroxylation is 1. The molecule has 16 heavy (non-hydrogen) atoms. The van der Waals surface area contributed by atoms with Gasteiger partial charge in [-0.15, -0.1) is 0 Å². The smallest absolute Gasteiger partial charge is 0.132 e.